The molecule has 1 atom stereocenters. The molecule has 0 radical (unpaired) electrons. The Balaban J connectivity index is 2.47. The fourth-order valence-electron chi connectivity index (χ4n) is 1.69. The van der Waals surface area contributed by atoms with Gasteiger partial charge in [-0.2, -0.15) is 0 Å². The Morgan fingerprint density at radius 2 is 1.87 bits per heavy atom. The second-order valence-electron chi connectivity index (χ2n) is 4.27. The van der Waals surface area contributed by atoms with E-state index in [1.165, 1.54) is 5.56 Å². The molecule has 1 aromatic rings. The Morgan fingerprint density at radius 3 is 2.40 bits per heavy atom. The second kappa shape index (κ2) is 5.89. The summed E-state index contributed by atoms with van der Waals surface area (Å²) in [5.41, 5.74) is 1.40. The first kappa shape index (κ1) is 12.2. The molecule has 0 amide bonds. The Hall–Kier alpha value is -0.860. The summed E-state index contributed by atoms with van der Waals surface area (Å²) >= 11 is 0. The highest BCUT2D eigenvalue weighted by atomic mass is 16.3. The van der Waals surface area contributed by atoms with E-state index in [1.54, 1.807) is 0 Å². The number of hydrogen-bond acceptors (Lipinski definition) is 2. The predicted molar refractivity (Wildman–Crippen MR) is 63.9 cm³/mol. The number of aryl methyl sites for hydroxylation is 1. The van der Waals surface area contributed by atoms with E-state index in [9.17, 15) is 0 Å². The molecule has 0 aliphatic rings. The maximum absolute atomic E-state index is 8.99. The highest BCUT2D eigenvalue weighted by Crippen LogP contribution is 2.17. The standard InChI is InChI=1S/C13H21NO/c1-13(14-2,10-11-15)9-8-12-6-4-3-5-7-12/h3-7,14-15H,8-11H2,1-2H3. The number of rotatable bonds is 6. The highest BCUT2D eigenvalue weighted by Gasteiger charge is 2.20. The van der Waals surface area contributed by atoms with Crippen molar-refractivity contribution in [1.82, 2.24) is 5.32 Å². The molecule has 2 heteroatoms. The minimum atomic E-state index is 0.0462. The van der Waals surface area contributed by atoms with Gasteiger partial charge in [-0.3, -0.25) is 0 Å². The quantitative estimate of drug-likeness (QED) is 0.747. The van der Waals surface area contributed by atoms with E-state index >= 15 is 0 Å². The molecule has 0 aliphatic heterocycles. The Kier molecular flexibility index (Phi) is 4.79. The van der Waals surface area contributed by atoms with Crippen LogP contribution in [-0.4, -0.2) is 24.3 Å². The molecule has 0 saturated heterocycles. The van der Waals surface area contributed by atoms with Crippen LogP contribution >= 0.6 is 0 Å². The SMILES string of the molecule is CNC(C)(CCO)CCc1ccccc1. The number of aliphatic hydroxyl groups is 1. The molecule has 2 N–H and O–H groups in total. The molecule has 1 rings (SSSR count). The topological polar surface area (TPSA) is 32.3 Å². The van der Waals surface area contributed by atoms with Crippen molar-refractivity contribution >= 4 is 0 Å². The van der Waals surface area contributed by atoms with Crippen molar-refractivity contribution in [2.75, 3.05) is 13.7 Å². The van der Waals surface area contributed by atoms with Crippen LogP contribution in [0.2, 0.25) is 0 Å². The van der Waals surface area contributed by atoms with Gasteiger partial charge in [0.1, 0.15) is 0 Å². The van der Waals surface area contributed by atoms with Gasteiger partial charge in [-0.15, -0.1) is 0 Å². The third-order valence-electron chi connectivity index (χ3n) is 3.08. The van der Waals surface area contributed by atoms with E-state index in [2.05, 4.69) is 36.5 Å². The van der Waals surface area contributed by atoms with Crippen molar-refractivity contribution in [1.29, 1.82) is 0 Å². The summed E-state index contributed by atoms with van der Waals surface area (Å²) in [6.45, 7) is 2.40. The Labute approximate surface area is 92.3 Å². The molecule has 84 valence electrons. The highest BCUT2D eigenvalue weighted by molar-refractivity contribution is 5.15. The first-order valence-electron chi connectivity index (χ1n) is 5.54. The fourth-order valence-corrected chi connectivity index (χ4v) is 1.69. The van der Waals surface area contributed by atoms with E-state index in [-0.39, 0.29) is 12.1 Å². The molecule has 0 spiro atoms. The van der Waals surface area contributed by atoms with Gasteiger partial charge in [-0.1, -0.05) is 30.3 Å². The van der Waals surface area contributed by atoms with Crippen LogP contribution in [0.3, 0.4) is 0 Å². The smallest absolute Gasteiger partial charge is 0.0448 e. The zero-order valence-corrected chi connectivity index (χ0v) is 9.66. The van der Waals surface area contributed by atoms with Crippen LogP contribution in [0.15, 0.2) is 30.3 Å². The molecule has 0 saturated carbocycles. The normalized spacial score (nSPS) is 14.9. The zero-order chi connectivity index (χ0) is 11.1. The average Bonchev–Trinajstić information content (AvgIpc) is 2.28. The largest absolute Gasteiger partial charge is 0.396 e. The zero-order valence-electron chi connectivity index (χ0n) is 9.66. The lowest BCUT2D eigenvalue weighted by molar-refractivity contribution is 0.219. The minimum absolute atomic E-state index is 0.0462. The fraction of sp³-hybridized carbons (Fsp3) is 0.538. The van der Waals surface area contributed by atoms with Gasteiger partial charge in [0, 0.05) is 12.1 Å². The molecule has 1 aromatic carbocycles. The van der Waals surface area contributed by atoms with Crippen LogP contribution < -0.4 is 5.32 Å². The van der Waals surface area contributed by atoms with Crippen LogP contribution in [0, 0.1) is 0 Å². The van der Waals surface area contributed by atoms with Crippen LogP contribution in [0.25, 0.3) is 0 Å². The van der Waals surface area contributed by atoms with Gasteiger partial charge in [-0.05, 0) is 38.8 Å². The van der Waals surface area contributed by atoms with Crippen LogP contribution in [0.4, 0.5) is 0 Å². The summed E-state index contributed by atoms with van der Waals surface area (Å²) in [6, 6.07) is 10.5. The Bertz CT molecular complexity index is 273. The molecule has 0 aliphatic carbocycles. The van der Waals surface area contributed by atoms with Crippen molar-refractivity contribution in [3.8, 4) is 0 Å². The molecular weight excluding hydrogens is 186 g/mol. The summed E-state index contributed by atoms with van der Waals surface area (Å²) in [6.07, 6.45) is 2.91. The van der Waals surface area contributed by atoms with E-state index in [0.29, 0.717) is 0 Å². The molecule has 1 unspecified atom stereocenters. The second-order valence-corrected chi connectivity index (χ2v) is 4.27. The van der Waals surface area contributed by atoms with Crippen molar-refractivity contribution in [2.24, 2.45) is 0 Å². The number of aliphatic hydroxyl groups excluding tert-OH is 1. The molecular formula is C13H21NO. The van der Waals surface area contributed by atoms with E-state index in [1.807, 2.05) is 13.1 Å². The molecule has 0 fully saturated rings. The first-order valence-corrected chi connectivity index (χ1v) is 5.54. The number of benzene rings is 1. The van der Waals surface area contributed by atoms with Gasteiger partial charge in [0.2, 0.25) is 0 Å². The lowest BCUT2D eigenvalue weighted by atomic mass is 9.90. The molecule has 0 heterocycles. The number of nitrogens with one attached hydrogen (secondary N) is 1. The minimum Gasteiger partial charge on any atom is -0.396 e. The van der Waals surface area contributed by atoms with Gasteiger partial charge < -0.3 is 10.4 Å². The average molecular weight is 207 g/mol. The first-order chi connectivity index (χ1) is 7.20. The monoisotopic (exact) mass is 207 g/mol. The van der Waals surface area contributed by atoms with Gasteiger partial charge in [0.25, 0.3) is 0 Å². The molecule has 0 bridgehead atoms. The number of hydrogen-bond donors (Lipinski definition) is 2. The van der Waals surface area contributed by atoms with Gasteiger partial charge in [0.15, 0.2) is 0 Å². The van der Waals surface area contributed by atoms with Crippen LogP contribution in [-0.2, 0) is 6.42 Å². The summed E-state index contributed by atoms with van der Waals surface area (Å²) in [5, 5.41) is 12.3. The Morgan fingerprint density at radius 1 is 1.20 bits per heavy atom. The lowest BCUT2D eigenvalue weighted by Crippen LogP contribution is -2.41. The van der Waals surface area contributed by atoms with Crippen molar-refractivity contribution in [3.63, 3.8) is 0 Å². The summed E-state index contributed by atoms with van der Waals surface area (Å²) in [5.74, 6) is 0. The van der Waals surface area contributed by atoms with Crippen LogP contribution in [0.5, 0.6) is 0 Å². The maximum Gasteiger partial charge on any atom is 0.0448 e. The van der Waals surface area contributed by atoms with E-state index in [4.69, 9.17) is 5.11 Å². The molecule has 2 nitrogen and oxygen atoms in total. The summed E-state index contributed by atoms with van der Waals surface area (Å²) in [7, 11) is 1.96. The molecule has 15 heavy (non-hydrogen) atoms. The summed E-state index contributed by atoms with van der Waals surface area (Å²) in [4.78, 5) is 0. The van der Waals surface area contributed by atoms with Crippen molar-refractivity contribution in [2.45, 2.75) is 31.7 Å². The predicted octanol–water partition coefficient (Wildman–Crippen LogP) is 1.98. The van der Waals surface area contributed by atoms with Gasteiger partial charge in [0.05, 0.1) is 0 Å². The third kappa shape index (κ3) is 4.02. The maximum atomic E-state index is 8.99. The molecule has 0 aromatic heterocycles. The van der Waals surface area contributed by atoms with E-state index < -0.39 is 0 Å². The van der Waals surface area contributed by atoms with Gasteiger partial charge in [-0.25, -0.2) is 0 Å². The third-order valence-corrected chi connectivity index (χ3v) is 3.08. The summed E-state index contributed by atoms with van der Waals surface area (Å²) < 4.78 is 0. The van der Waals surface area contributed by atoms with Crippen LogP contribution in [0.1, 0.15) is 25.3 Å². The van der Waals surface area contributed by atoms with E-state index in [0.717, 1.165) is 19.3 Å². The lowest BCUT2D eigenvalue weighted by Gasteiger charge is -2.28. The van der Waals surface area contributed by atoms with Crippen molar-refractivity contribution in [3.05, 3.63) is 35.9 Å². The van der Waals surface area contributed by atoms with Crippen molar-refractivity contribution < 1.29 is 5.11 Å². The van der Waals surface area contributed by atoms with Gasteiger partial charge >= 0.3 is 0 Å².